The fourth-order valence-electron chi connectivity index (χ4n) is 3.65. The molecule has 0 aromatic heterocycles. The van der Waals surface area contributed by atoms with Crippen LogP contribution in [0.3, 0.4) is 0 Å². The van der Waals surface area contributed by atoms with E-state index in [0.717, 1.165) is 38.5 Å². The van der Waals surface area contributed by atoms with Gasteiger partial charge in [-0.25, -0.2) is 0 Å². The molecule has 2 atom stereocenters. The van der Waals surface area contributed by atoms with E-state index in [1.54, 1.807) is 0 Å². The molecule has 4 nitrogen and oxygen atoms in total. The molecule has 110 valence electrons. The second kappa shape index (κ2) is 7.25. The van der Waals surface area contributed by atoms with Crippen LogP contribution in [-0.2, 0) is 4.79 Å². The fraction of sp³-hybridized carbons (Fsp3) is 0.933. The Hall–Kier alpha value is -0.610. The van der Waals surface area contributed by atoms with E-state index in [1.165, 1.54) is 25.7 Å². The number of aliphatic carboxylic acids is 1. The third kappa shape index (κ3) is 4.77. The van der Waals surface area contributed by atoms with Crippen LogP contribution in [0.15, 0.2) is 0 Å². The summed E-state index contributed by atoms with van der Waals surface area (Å²) in [6.45, 7) is 6.35. The van der Waals surface area contributed by atoms with Gasteiger partial charge in [-0.2, -0.15) is 0 Å². The number of carboxylic acids is 1. The molecule has 0 radical (unpaired) electrons. The summed E-state index contributed by atoms with van der Waals surface area (Å²) >= 11 is 0. The predicted octanol–water partition coefficient (Wildman–Crippen LogP) is 1.95. The topological polar surface area (TPSA) is 52.6 Å². The first-order valence-electron chi connectivity index (χ1n) is 7.85. The average molecular weight is 268 g/mol. The van der Waals surface area contributed by atoms with Crippen LogP contribution >= 0.6 is 0 Å². The standard InChI is InChI=1S/C15H28N2O2/c1-2-17-10-13(8-15(18)19)7-14(11-17)16-9-12-5-3-4-6-12/h12-14,16H,2-11H2,1H3,(H,18,19). The number of hydrogen-bond acceptors (Lipinski definition) is 3. The molecule has 0 aromatic carbocycles. The molecule has 2 rings (SSSR count). The number of rotatable bonds is 6. The van der Waals surface area contributed by atoms with Gasteiger partial charge < -0.3 is 15.3 Å². The van der Waals surface area contributed by atoms with Crippen molar-refractivity contribution in [3.63, 3.8) is 0 Å². The van der Waals surface area contributed by atoms with E-state index in [4.69, 9.17) is 5.11 Å². The van der Waals surface area contributed by atoms with E-state index >= 15 is 0 Å². The summed E-state index contributed by atoms with van der Waals surface area (Å²) < 4.78 is 0. The molecule has 1 heterocycles. The Balaban J connectivity index is 1.78. The summed E-state index contributed by atoms with van der Waals surface area (Å²) in [6.07, 6.45) is 6.86. The molecular formula is C15H28N2O2. The van der Waals surface area contributed by atoms with Crippen molar-refractivity contribution >= 4 is 5.97 Å². The number of likely N-dealkylation sites (tertiary alicyclic amines) is 1. The molecule has 1 saturated carbocycles. The second-order valence-electron chi connectivity index (χ2n) is 6.31. The van der Waals surface area contributed by atoms with E-state index in [9.17, 15) is 4.79 Å². The van der Waals surface area contributed by atoms with Gasteiger partial charge in [-0.3, -0.25) is 4.79 Å². The Bertz CT molecular complexity index is 290. The minimum absolute atomic E-state index is 0.312. The maximum absolute atomic E-state index is 10.9. The molecule has 0 spiro atoms. The first-order chi connectivity index (χ1) is 9.17. The fourth-order valence-corrected chi connectivity index (χ4v) is 3.65. The van der Waals surface area contributed by atoms with Crippen molar-refractivity contribution in [2.45, 2.75) is 51.5 Å². The number of hydrogen-bond donors (Lipinski definition) is 2. The van der Waals surface area contributed by atoms with E-state index in [1.807, 2.05) is 0 Å². The van der Waals surface area contributed by atoms with Crippen LogP contribution in [0.5, 0.6) is 0 Å². The smallest absolute Gasteiger partial charge is 0.303 e. The highest BCUT2D eigenvalue weighted by Gasteiger charge is 2.28. The lowest BCUT2D eigenvalue weighted by molar-refractivity contribution is -0.138. The van der Waals surface area contributed by atoms with Gasteiger partial charge in [0.25, 0.3) is 0 Å². The Labute approximate surface area is 116 Å². The molecule has 2 unspecified atom stereocenters. The van der Waals surface area contributed by atoms with Gasteiger partial charge in [0.2, 0.25) is 0 Å². The number of nitrogens with one attached hydrogen (secondary N) is 1. The predicted molar refractivity (Wildman–Crippen MR) is 76.2 cm³/mol. The summed E-state index contributed by atoms with van der Waals surface area (Å²) in [6, 6.07) is 0.485. The number of likely N-dealkylation sites (N-methyl/N-ethyl adjacent to an activating group) is 1. The second-order valence-corrected chi connectivity index (χ2v) is 6.31. The van der Waals surface area contributed by atoms with Crippen LogP contribution in [-0.4, -0.2) is 48.2 Å². The Kier molecular flexibility index (Phi) is 5.64. The molecule has 2 fully saturated rings. The molecule has 0 aromatic rings. The minimum Gasteiger partial charge on any atom is -0.481 e. The zero-order valence-corrected chi connectivity index (χ0v) is 12.1. The maximum Gasteiger partial charge on any atom is 0.303 e. The first kappa shape index (κ1) is 14.8. The van der Waals surface area contributed by atoms with Crippen LogP contribution in [0.4, 0.5) is 0 Å². The highest BCUT2D eigenvalue weighted by Crippen LogP contribution is 2.25. The van der Waals surface area contributed by atoms with Crippen molar-refractivity contribution in [2.24, 2.45) is 11.8 Å². The quantitative estimate of drug-likeness (QED) is 0.773. The SMILES string of the molecule is CCN1CC(CC(=O)O)CC(NCC2CCCC2)C1. The van der Waals surface area contributed by atoms with Crippen LogP contribution in [0, 0.1) is 11.8 Å². The number of nitrogens with zero attached hydrogens (tertiary/aromatic N) is 1. The van der Waals surface area contributed by atoms with Crippen molar-refractivity contribution in [3.8, 4) is 0 Å². The largest absolute Gasteiger partial charge is 0.481 e. The van der Waals surface area contributed by atoms with Crippen LogP contribution in [0.1, 0.15) is 45.4 Å². The molecule has 0 bridgehead atoms. The summed E-state index contributed by atoms with van der Waals surface area (Å²) in [5.74, 6) is 0.514. The molecular weight excluding hydrogens is 240 g/mol. The van der Waals surface area contributed by atoms with Gasteiger partial charge >= 0.3 is 5.97 Å². The summed E-state index contributed by atoms with van der Waals surface area (Å²) in [5, 5.41) is 12.7. The lowest BCUT2D eigenvalue weighted by Crippen LogP contribution is -2.50. The van der Waals surface area contributed by atoms with Gasteiger partial charge in [0.1, 0.15) is 0 Å². The van der Waals surface area contributed by atoms with Crippen molar-refractivity contribution in [2.75, 3.05) is 26.2 Å². The third-order valence-corrected chi connectivity index (χ3v) is 4.69. The lowest BCUT2D eigenvalue weighted by Gasteiger charge is -2.37. The van der Waals surface area contributed by atoms with E-state index in [0.29, 0.717) is 18.4 Å². The monoisotopic (exact) mass is 268 g/mol. The Morgan fingerprint density at radius 1 is 1.26 bits per heavy atom. The van der Waals surface area contributed by atoms with Crippen molar-refractivity contribution in [1.29, 1.82) is 0 Å². The molecule has 1 aliphatic heterocycles. The van der Waals surface area contributed by atoms with Crippen LogP contribution in [0.25, 0.3) is 0 Å². The Morgan fingerprint density at radius 2 is 2.00 bits per heavy atom. The highest BCUT2D eigenvalue weighted by atomic mass is 16.4. The normalized spacial score (nSPS) is 29.7. The maximum atomic E-state index is 10.9. The molecule has 0 amide bonds. The van der Waals surface area contributed by atoms with Gasteiger partial charge in [-0.1, -0.05) is 19.8 Å². The molecule has 1 aliphatic carbocycles. The summed E-state index contributed by atoms with van der Waals surface area (Å²) in [5.41, 5.74) is 0. The number of carbonyl (C=O) groups is 1. The molecule has 2 N–H and O–H groups in total. The van der Waals surface area contributed by atoms with Gasteiger partial charge in [0, 0.05) is 25.6 Å². The van der Waals surface area contributed by atoms with Crippen molar-refractivity contribution in [1.82, 2.24) is 10.2 Å². The van der Waals surface area contributed by atoms with E-state index in [2.05, 4.69) is 17.1 Å². The van der Waals surface area contributed by atoms with Gasteiger partial charge in [-0.05, 0) is 44.2 Å². The van der Waals surface area contributed by atoms with E-state index in [-0.39, 0.29) is 0 Å². The number of carboxylic acid groups (broad SMARTS) is 1. The molecule has 1 saturated heterocycles. The highest BCUT2D eigenvalue weighted by molar-refractivity contribution is 5.67. The lowest BCUT2D eigenvalue weighted by atomic mass is 9.91. The third-order valence-electron chi connectivity index (χ3n) is 4.69. The minimum atomic E-state index is -0.655. The Morgan fingerprint density at radius 3 is 2.63 bits per heavy atom. The summed E-state index contributed by atoms with van der Waals surface area (Å²) in [4.78, 5) is 13.3. The van der Waals surface area contributed by atoms with Gasteiger partial charge in [0.05, 0.1) is 0 Å². The first-order valence-corrected chi connectivity index (χ1v) is 7.85. The van der Waals surface area contributed by atoms with Gasteiger partial charge in [0.15, 0.2) is 0 Å². The average Bonchev–Trinajstić information content (AvgIpc) is 2.88. The number of piperidine rings is 1. The summed E-state index contributed by atoms with van der Waals surface area (Å²) in [7, 11) is 0. The zero-order valence-electron chi connectivity index (χ0n) is 12.1. The van der Waals surface area contributed by atoms with Crippen molar-refractivity contribution < 1.29 is 9.90 Å². The van der Waals surface area contributed by atoms with Crippen molar-refractivity contribution in [3.05, 3.63) is 0 Å². The zero-order chi connectivity index (χ0) is 13.7. The molecule has 2 aliphatic rings. The molecule has 19 heavy (non-hydrogen) atoms. The van der Waals surface area contributed by atoms with E-state index < -0.39 is 5.97 Å². The van der Waals surface area contributed by atoms with Gasteiger partial charge in [-0.15, -0.1) is 0 Å². The molecule has 4 heteroatoms. The van der Waals surface area contributed by atoms with Crippen LogP contribution in [0.2, 0.25) is 0 Å². The van der Waals surface area contributed by atoms with Crippen LogP contribution < -0.4 is 5.32 Å².